The molecule has 0 aliphatic carbocycles. The molecule has 2 N–H and O–H groups in total. The minimum atomic E-state index is -4.89. The molecule has 0 aliphatic rings. The second kappa shape index (κ2) is 8.87. The number of thioether (sulfide) groups is 1. The third kappa shape index (κ3) is 5.81. The van der Waals surface area contributed by atoms with Gasteiger partial charge in [0.25, 0.3) is 11.2 Å². The lowest BCUT2D eigenvalue weighted by Gasteiger charge is -2.13. The summed E-state index contributed by atoms with van der Waals surface area (Å²) in [4.78, 5) is 39.9. The number of hydrogen-bond acceptors (Lipinski definition) is 6. The summed E-state index contributed by atoms with van der Waals surface area (Å²) in [5.74, 6) is -1.10. The van der Waals surface area contributed by atoms with E-state index < -0.39 is 39.5 Å². The fourth-order valence-corrected chi connectivity index (χ4v) is 2.94. The molecule has 0 radical (unpaired) electrons. The number of halogens is 3. The number of nitro benzene ring substituents is 1. The van der Waals surface area contributed by atoms with Gasteiger partial charge in [0.05, 0.1) is 21.9 Å². The van der Waals surface area contributed by atoms with Gasteiger partial charge in [-0.3, -0.25) is 19.7 Å². The fraction of sp³-hybridized carbons (Fsp3) is 0.312. The summed E-state index contributed by atoms with van der Waals surface area (Å²) in [6.07, 6.45) is -3.55. The molecule has 0 aliphatic heterocycles. The van der Waals surface area contributed by atoms with Gasteiger partial charge in [-0.1, -0.05) is 25.1 Å². The van der Waals surface area contributed by atoms with Gasteiger partial charge in [0, 0.05) is 23.9 Å². The van der Waals surface area contributed by atoms with Gasteiger partial charge in [0.2, 0.25) is 5.91 Å². The minimum absolute atomic E-state index is 0.172. The average molecular weight is 416 g/mol. The number of hydrogen-bond donors (Lipinski definition) is 2. The van der Waals surface area contributed by atoms with Gasteiger partial charge < -0.3 is 10.3 Å². The number of aromatic nitrogens is 2. The van der Waals surface area contributed by atoms with E-state index in [1.807, 2.05) is 6.92 Å². The number of nitrogens with zero attached hydrogens (tertiary/aromatic N) is 2. The number of alkyl halides is 3. The Bertz CT molecular complexity index is 946. The van der Waals surface area contributed by atoms with E-state index in [0.717, 1.165) is 30.3 Å². The van der Waals surface area contributed by atoms with Crippen molar-refractivity contribution in [2.75, 3.05) is 11.1 Å². The van der Waals surface area contributed by atoms with Crippen LogP contribution in [0.3, 0.4) is 0 Å². The van der Waals surface area contributed by atoms with Crippen molar-refractivity contribution in [2.24, 2.45) is 0 Å². The molecule has 28 heavy (non-hydrogen) atoms. The van der Waals surface area contributed by atoms with Crippen LogP contribution in [-0.4, -0.2) is 26.6 Å². The molecule has 8 nitrogen and oxygen atoms in total. The van der Waals surface area contributed by atoms with E-state index in [-0.39, 0.29) is 10.9 Å². The number of carbonyl (C=O) groups excluding carboxylic acids is 1. The number of benzene rings is 1. The maximum absolute atomic E-state index is 13.1. The molecule has 0 fully saturated rings. The Balaban J connectivity index is 2.13. The molecule has 0 unspecified atom stereocenters. The first kappa shape index (κ1) is 21.4. The van der Waals surface area contributed by atoms with E-state index in [1.165, 1.54) is 6.07 Å². The van der Waals surface area contributed by atoms with E-state index in [0.29, 0.717) is 18.2 Å². The average Bonchev–Trinajstić information content (AvgIpc) is 2.59. The largest absolute Gasteiger partial charge is 0.418 e. The first-order valence-electron chi connectivity index (χ1n) is 7.98. The summed E-state index contributed by atoms with van der Waals surface area (Å²) in [6, 6.07) is 3.38. The molecular formula is C16H15F3N4O4S. The smallest absolute Gasteiger partial charge is 0.325 e. The zero-order valence-electron chi connectivity index (χ0n) is 14.5. The van der Waals surface area contributed by atoms with Gasteiger partial charge in [-0.05, 0) is 12.5 Å². The Morgan fingerprint density at radius 1 is 1.36 bits per heavy atom. The number of nitro groups is 1. The lowest BCUT2D eigenvalue weighted by molar-refractivity contribution is -0.385. The molecule has 1 heterocycles. The van der Waals surface area contributed by atoms with E-state index >= 15 is 0 Å². The van der Waals surface area contributed by atoms with Crippen LogP contribution < -0.4 is 10.9 Å². The van der Waals surface area contributed by atoms with Crippen molar-refractivity contribution in [3.05, 3.63) is 56.0 Å². The van der Waals surface area contributed by atoms with Crippen LogP contribution in [-0.2, 0) is 17.4 Å². The SMILES string of the molecule is CCCc1cc(=O)[nH]c(SCC(=O)Nc2ccc([N+](=O)[O-])cc2C(F)(F)F)n1. The maximum Gasteiger partial charge on any atom is 0.418 e. The van der Waals surface area contributed by atoms with Crippen LogP contribution >= 0.6 is 11.8 Å². The van der Waals surface area contributed by atoms with Crippen molar-refractivity contribution in [2.45, 2.75) is 31.1 Å². The summed E-state index contributed by atoms with van der Waals surface area (Å²) in [5, 5.41) is 12.9. The summed E-state index contributed by atoms with van der Waals surface area (Å²) in [7, 11) is 0. The normalized spacial score (nSPS) is 11.3. The summed E-state index contributed by atoms with van der Waals surface area (Å²) in [6.45, 7) is 1.91. The molecule has 12 heteroatoms. The van der Waals surface area contributed by atoms with Gasteiger partial charge >= 0.3 is 6.18 Å². The minimum Gasteiger partial charge on any atom is -0.325 e. The summed E-state index contributed by atoms with van der Waals surface area (Å²) >= 11 is 0.855. The quantitative estimate of drug-likeness (QED) is 0.309. The molecule has 2 rings (SSSR count). The number of H-pyrrole nitrogens is 1. The van der Waals surface area contributed by atoms with Crippen LogP contribution in [0.15, 0.2) is 34.2 Å². The summed E-state index contributed by atoms with van der Waals surface area (Å²) < 4.78 is 39.4. The van der Waals surface area contributed by atoms with Crippen LogP contribution in [0.4, 0.5) is 24.5 Å². The monoisotopic (exact) mass is 416 g/mol. The van der Waals surface area contributed by atoms with Crippen molar-refractivity contribution >= 4 is 29.0 Å². The third-order valence-electron chi connectivity index (χ3n) is 3.41. The van der Waals surface area contributed by atoms with E-state index in [1.54, 1.807) is 0 Å². The molecule has 1 amide bonds. The van der Waals surface area contributed by atoms with Gasteiger partial charge in [0.1, 0.15) is 0 Å². The number of anilines is 1. The molecule has 0 bridgehead atoms. The molecule has 1 aromatic carbocycles. The van der Waals surface area contributed by atoms with Gasteiger partial charge in [-0.15, -0.1) is 0 Å². The standard InChI is InChI=1S/C16H15F3N4O4S/c1-2-3-9-6-13(24)22-15(20-9)28-8-14(25)21-12-5-4-10(23(26)27)7-11(12)16(17,18)19/h4-7H,2-3,8H2,1H3,(H,21,25)(H,20,22,24). The van der Waals surface area contributed by atoms with Crippen molar-refractivity contribution < 1.29 is 22.9 Å². The number of aryl methyl sites for hydroxylation is 1. The Hall–Kier alpha value is -2.89. The van der Waals surface area contributed by atoms with E-state index in [2.05, 4.69) is 15.3 Å². The first-order chi connectivity index (χ1) is 13.1. The number of rotatable bonds is 7. The zero-order valence-corrected chi connectivity index (χ0v) is 15.3. The molecule has 0 spiro atoms. The highest BCUT2D eigenvalue weighted by Gasteiger charge is 2.35. The Morgan fingerprint density at radius 3 is 2.68 bits per heavy atom. The second-order valence-electron chi connectivity index (χ2n) is 5.61. The Morgan fingerprint density at radius 2 is 2.07 bits per heavy atom. The van der Waals surface area contributed by atoms with Crippen molar-refractivity contribution in [1.82, 2.24) is 9.97 Å². The third-order valence-corrected chi connectivity index (χ3v) is 4.29. The van der Waals surface area contributed by atoms with Crippen molar-refractivity contribution in [3.8, 4) is 0 Å². The van der Waals surface area contributed by atoms with Gasteiger partial charge in [-0.2, -0.15) is 13.2 Å². The highest BCUT2D eigenvalue weighted by atomic mass is 32.2. The number of non-ortho nitro benzene ring substituents is 1. The van der Waals surface area contributed by atoms with Crippen molar-refractivity contribution in [1.29, 1.82) is 0 Å². The van der Waals surface area contributed by atoms with E-state index in [4.69, 9.17) is 0 Å². The second-order valence-corrected chi connectivity index (χ2v) is 6.58. The zero-order chi connectivity index (χ0) is 20.9. The van der Waals surface area contributed by atoms with Crippen molar-refractivity contribution in [3.63, 3.8) is 0 Å². The number of aromatic amines is 1. The van der Waals surface area contributed by atoms with Crippen LogP contribution in [0.25, 0.3) is 0 Å². The Labute approximate surface area is 160 Å². The molecule has 0 saturated carbocycles. The molecular weight excluding hydrogens is 401 g/mol. The highest BCUT2D eigenvalue weighted by molar-refractivity contribution is 7.99. The van der Waals surface area contributed by atoms with Gasteiger partial charge in [0.15, 0.2) is 5.16 Å². The lowest BCUT2D eigenvalue weighted by Crippen LogP contribution is -2.19. The summed E-state index contributed by atoms with van der Waals surface area (Å²) in [5.41, 5.74) is -2.50. The molecule has 2 aromatic rings. The first-order valence-corrected chi connectivity index (χ1v) is 8.97. The van der Waals surface area contributed by atoms with Crippen LogP contribution in [0.5, 0.6) is 0 Å². The topological polar surface area (TPSA) is 118 Å². The number of amides is 1. The molecule has 1 aromatic heterocycles. The van der Waals surface area contributed by atoms with Crippen LogP contribution in [0.1, 0.15) is 24.6 Å². The maximum atomic E-state index is 13.1. The number of nitrogens with one attached hydrogen (secondary N) is 2. The molecule has 150 valence electrons. The predicted molar refractivity (Wildman–Crippen MR) is 96.3 cm³/mol. The van der Waals surface area contributed by atoms with Gasteiger partial charge in [-0.25, -0.2) is 4.98 Å². The molecule has 0 atom stereocenters. The fourth-order valence-electron chi connectivity index (χ4n) is 2.25. The Kier molecular flexibility index (Phi) is 6.78. The highest BCUT2D eigenvalue weighted by Crippen LogP contribution is 2.37. The molecule has 0 saturated heterocycles. The van der Waals surface area contributed by atoms with E-state index in [9.17, 15) is 32.9 Å². The predicted octanol–water partition coefficient (Wildman–Crippen LogP) is 3.38. The van der Waals surface area contributed by atoms with Crippen LogP contribution in [0.2, 0.25) is 0 Å². The lowest BCUT2D eigenvalue weighted by atomic mass is 10.1. The van der Waals surface area contributed by atoms with Crippen LogP contribution in [0, 0.1) is 10.1 Å². The number of carbonyl (C=O) groups is 1.